The van der Waals surface area contributed by atoms with Gasteiger partial charge in [-0.1, -0.05) is 52.8 Å². The summed E-state index contributed by atoms with van der Waals surface area (Å²) in [7, 11) is 0. The first-order chi connectivity index (χ1) is 9.10. The molecule has 0 aliphatic carbocycles. The monoisotopic (exact) mass is 325 g/mol. The summed E-state index contributed by atoms with van der Waals surface area (Å²) < 4.78 is 4.87. The molecule has 0 aromatic heterocycles. The molecular formula is C14H16BrNO3. The topological polar surface area (TPSA) is 46.6 Å². The summed E-state index contributed by atoms with van der Waals surface area (Å²) in [5.41, 5.74) is 0.970. The molecule has 0 bridgehead atoms. The Balaban J connectivity index is 2.86. The molecule has 102 valence electrons. The maximum absolute atomic E-state index is 11.9. The van der Waals surface area contributed by atoms with Crippen LogP contribution in [0.4, 0.5) is 0 Å². The highest BCUT2D eigenvalue weighted by Gasteiger charge is 2.22. The zero-order valence-corrected chi connectivity index (χ0v) is 12.4. The highest BCUT2D eigenvalue weighted by atomic mass is 79.9. The van der Waals surface area contributed by atoms with Crippen molar-refractivity contribution in [1.29, 1.82) is 0 Å². The third-order valence-corrected chi connectivity index (χ3v) is 2.92. The zero-order chi connectivity index (χ0) is 14.3. The number of esters is 1. The number of nitrogens with zero attached hydrogens (tertiary/aromatic N) is 1. The van der Waals surface area contributed by atoms with Crippen LogP contribution in [0.1, 0.15) is 12.5 Å². The first-order valence-corrected chi connectivity index (χ1v) is 6.98. The van der Waals surface area contributed by atoms with Crippen LogP contribution in [0.5, 0.6) is 0 Å². The van der Waals surface area contributed by atoms with Gasteiger partial charge < -0.3 is 9.64 Å². The summed E-state index contributed by atoms with van der Waals surface area (Å²) in [5.74, 6) is -0.811. The molecule has 1 amide bonds. The van der Waals surface area contributed by atoms with E-state index in [2.05, 4.69) is 22.5 Å². The van der Waals surface area contributed by atoms with E-state index in [1.807, 2.05) is 30.3 Å². The van der Waals surface area contributed by atoms with Crippen LogP contribution in [0.2, 0.25) is 0 Å². The lowest BCUT2D eigenvalue weighted by Gasteiger charge is -2.22. The summed E-state index contributed by atoms with van der Waals surface area (Å²) in [6.07, 6.45) is 0. The van der Waals surface area contributed by atoms with Gasteiger partial charge in [0.15, 0.2) is 0 Å². The number of hydrogen-bond donors (Lipinski definition) is 0. The van der Waals surface area contributed by atoms with Crippen molar-refractivity contribution in [2.45, 2.75) is 13.5 Å². The minimum absolute atomic E-state index is 0.0511. The predicted octanol–water partition coefficient (Wildman–Crippen LogP) is 2.49. The summed E-state index contributed by atoms with van der Waals surface area (Å²) in [6, 6.07) is 9.40. The predicted molar refractivity (Wildman–Crippen MR) is 76.6 cm³/mol. The Kier molecular flexibility index (Phi) is 6.29. The molecule has 4 nitrogen and oxygen atoms in total. The van der Waals surface area contributed by atoms with Crippen LogP contribution in [0, 0.1) is 0 Å². The van der Waals surface area contributed by atoms with Crippen LogP contribution < -0.4 is 0 Å². The van der Waals surface area contributed by atoms with E-state index in [0.29, 0.717) is 6.54 Å². The van der Waals surface area contributed by atoms with E-state index in [4.69, 9.17) is 4.74 Å². The molecule has 0 heterocycles. The van der Waals surface area contributed by atoms with Crippen LogP contribution >= 0.6 is 15.9 Å². The lowest BCUT2D eigenvalue weighted by molar-refractivity contribution is -0.143. The van der Waals surface area contributed by atoms with Gasteiger partial charge in [0.1, 0.15) is 5.70 Å². The Morgan fingerprint density at radius 2 is 1.95 bits per heavy atom. The maximum atomic E-state index is 11.9. The SMILES string of the molecule is C=C(C(=O)OCC)N(Cc1ccccc1)C(=O)CBr. The highest BCUT2D eigenvalue weighted by molar-refractivity contribution is 9.09. The van der Waals surface area contributed by atoms with E-state index >= 15 is 0 Å². The van der Waals surface area contributed by atoms with Crippen LogP contribution in [0.15, 0.2) is 42.6 Å². The van der Waals surface area contributed by atoms with Gasteiger partial charge in [0.25, 0.3) is 0 Å². The molecule has 0 N–H and O–H groups in total. The van der Waals surface area contributed by atoms with Crippen molar-refractivity contribution in [1.82, 2.24) is 4.90 Å². The normalized spacial score (nSPS) is 9.79. The van der Waals surface area contributed by atoms with Crippen LogP contribution in [0.25, 0.3) is 0 Å². The number of halogens is 1. The molecule has 0 spiro atoms. The van der Waals surface area contributed by atoms with Crippen molar-refractivity contribution in [3.05, 3.63) is 48.2 Å². The van der Waals surface area contributed by atoms with Gasteiger partial charge in [-0.2, -0.15) is 0 Å². The van der Waals surface area contributed by atoms with Crippen molar-refractivity contribution >= 4 is 27.8 Å². The molecule has 0 saturated heterocycles. The highest BCUT2D eigenvalue weighted by Crippen LogP contribution is 2.12. The molecule has 0 saturated carbocycles. The molecule has 0 aliphatic heterocycles. The second-order valence-corrected chi connectivity index (χ2v) is 4.33. The fourth-order valence-electron chi connectivity index (χ4n) is 1.50. The first-order valence-electron chi connectivity index (χ1n) is 5.86. The average Bonchev–Trinajstić information content (AvgIpc) is 2.44. The molecule has 5 heteroatoms. The third kappa shape index (κ3) is 4.52. The van der Waals surface area contributed by atoms with Gasteiger partial charge in [-0.15, -0.1) is 0 Å². The smallest absolute Gasteiger partial charge is 0.354 e. The quantitative estimate of drug-likeness (QED) is 0.458. The van der Waals surface area contributed by atoms with Crippen molar-refractivity contribution < 1.29 is 14.3 Å². The van der Waals surface area contributed by atoms with E-state index in [1.54, 1.807) is 6.92 Å². The van der Waals surface area contributed by atoms with Crippen LogP contribution in [0.3, 0.4) is 0 Å². The summed E-state index contributed by atoms with van der Waals surface area (Å²) in [5, 5.41) is 0.123. The van der Waals surface area contributed by atoms with Crippen molar-refractivity contribution in [3.8, 4) is 0 Å². The number of ether oxygens (including phenoxy) is 1. The molecule has 0 radical (unpaired) electrons. The van der Waals surface area contributed by atoms with Crippen molar-refractivity contribution in [3.63, 3.8) is 0 Å². The summed E-state index contributed by atoms with van der Waals surface area (Å²) in [6.45, 7) is 5.90. The van der Waals surface area contributed by atoms with E-state index in [-0.39, 0.29) is 23.5 Å². The Morgan fingerprint density at radius 3 is 2.47 bits per heavy atom. The van der Waals surface area contributed by atoms with Gasteiger partial charge >= 0.3 is 5.97 Å². The molecule has 1 rings (SSSR count). The van der Waals surface area contributed by atoms with Gasteiger partial charge in [-0.25, -0.2) is 4.79 Å². The van der Waals surface area contributed by atoms with Gasteiger partial charge in [0.05, 0.1) is 18.5 Å². The molecular weight excluding hydrogens is 310 g/mol. The third-order valence-electron chi connectivity index (χ3n) is 2.44. The molecule has 0 atom stereocenters. The van der Waals surface area contributed by atoms with E-state index in [1.165, 1.54) is 4.90 Å². The van der Waals surface area contributed by atoms with Gasteiger partial charge in [-0.3, -0.25) is 4.79 Å². The molecule has 19 heavy (non-hydrogen) atoms. The summed E-state index contributed by atoms with van der Waals surface area (Å²) in [4.78, 5) is 24.9. The average molecular weight is 326 g/mol. The van der Waals surface area contributed by atoms with E-state index < -0.39 is 5.97 Å². The number of alkyl halides is 1. The molecule has 0 aliphatic rings. The minimum atomic E-state index is -0.576. The molecule has 0 fully saturated rings. The number of carbonyl (C=O) groups is 2. The number of benzene rings is 1. The van der Waals surface area contributed by atoms with Gasteiger partial charge in [-0.05, 0) is 12.5 Å². The first kappa shape index (κ1) is 15.4. The van der Waals surface area contributed by atoms with E-state index in [0.717, 1.165) is 5.56 Å². The Bertz CT molecular complexity index is 459. The number of amides is 1. The van der Waals surface area contributed by atoms with Crippen molar-refractivity contribution in [2.75, 3.05) is 11.9 Å². The molecule has 1 aromatic carbocycles. The second-order valence-electron chi connectivity index (χ2n) is 3.77. The standard InChI is InChI=1S/C14H16BrNO3/c1-3-19-14(18)11(2)16(13(17)9-15)10-12-7-5-4-6-8-12/h4-8H,2-3,9-10H2,1H3. The van der Waals surface area contributed by atoms with Crippen LogP contribution in [-0.4, -0.2) is 28.7 Å². The fourth-order valence-corrected chi connectivity index (χ4v) is 1.80. The zero-order valence-electron chi connectivity index (χ0n) is 10.8. The fraction of sp³-hybridized carbons (Fsp3) is 0.286. The Labute approximate surface area is 121 Å². The molecule has 1 aromatic rings. The second kappa shape index (κ2) is 7.74. The minimum Gasteiger partial charge on any atom is -0.461 e. The van der Waals surface area contributed by atoms with Crippen molar-refractivity contribution in [2.24, 2.45) is 0 Å². The number of hydrogen-bond acceptors (Lipinski definition) is 3. The Hall–Kier alpha value is -1.62. The van der Waals surface area contributed by atoms with Gasteiger partial charge in [0, 0.05) is 0 Å². The largest absolute Gasteiger partial charge is 0.461 e. The number of rotatable bonds is 6. The lowest BCUT2D eigenvalue weighted by atomic mass is 10.2. The number of carbonyl (C=O) groups excluding carboxylic acids is 2. The van der Waals surface area contributed by atoms with E-state index in [9.17, 15) is 9.59 Å². The molecule has 0 unspecified atom stereocenters. The maximum Gasteiger partial charge on any atom is 0.354 e. The lowest BCUT2D eigenvalue weighted by Crippen LogP contribution is -2.34. The van der Waals surface area contributed by atoms with Crippen LogP contribution in [-0.2, 0) is 20.9 Å². The van der Waals surface area contributed by atoms with Gasteiger partial charge in [0.2, 0.25) is 5.91 Å². The summed E-state index contributed by atoms with van der Waals surface area (Å²) >= 11 is 3.10. The Morgan fingerprint density at radius 1 is 1.32 bits per heavy atom.